The van der Waals surface area contributed by atoms with Crippen LogP contribution in [-0.4, -0.2) is 20.7 Å². The lowest BCUT2D eigenvalue weighted by Crippen LogP contribution is -2.23. The molecule has 0 aliphatic heterocycles. The highest BCUT2D eigenvalue weighted by molar-refractivity contribution is 6.02. The lowest BCUT2D eigenvalue weighted by atomic mass is 10.3. The van der Waals surface area contributed by atoms with Gasteiger partial charge in [0.25, 0.3) is 11.5 Å². The number of hydrogen-bond donors (Lipinski definition) is 1. The quantitative estimate of drug-likeness (QED) is 0.774. The molecular formula is C17H12F2N4O3. The van der Waals surface area contributed by atoms with Crippen molar-refractivity contribution in [1.29, 1.82) is 0 Å². The molecule has 0 aliphatic rings. The minimum atomic E-state index is -0.762. The largest absolute Gasteiger partial charge is 0.456 e. The standard InChI is InChI=1S/C17H12F2N4O3/c1-23-16(24)5-3-14(22-23)17(25)21-15-4-2-12(9-20-15)26-13-7-10(18)6-11(19)8-13/h2-9H,1H3,(H,20,21,25). The number of anilines is 1. The molecule has 0 bridgehead atoms. The molecule has 1 aromatic carbocycles. The van der Waals surface area contributed by atoms with Gasteiger partial charge < -0.3 is 10.1 Å². The van der Waals surface area contributed by atoms with Crippen molar-refractivity contribution < 1.29 is 18.3 Å². The number of aromatic nitrogens is 3. The maximum Gasteiger partial charge on any atom is 0.277 e. The van der Waals surface area contributed by atoms with Gasteiger partial charge in [-0.15, -0.1) is 0 Å². The van der Waals surface area contributed by atoms with Crippen LogP contribution in [0.4, 0.5) is 14.6 Å². The van der Waals surface area contributed by atoms with E-state index in [1.54, 1.807) is 0 Å². The average Bonchev–Trinajstić information content (AvgIpc) is 2.58. The van der Waals surface area contributed by atoms with Crippen LogP contribution in [0.3, 0.4) is 0 Å². The van der Waals surface area contributed by atoms with Crippen LogP contribution in [-0.2, 0) is 7.05 Å². The Labute approximate surface area is 145 Å². The van der Waals surface area contributed by atoms with Crippen LogP contribution in [0.5, 0.6) is 11.5 Å². The van der Waals surface area contributed by atoms with Gasteiger partial charge in [0.15, 0.2) is 0 Å². The fraction of sp³-hybridized carbons (Fsp3) is 0.0588. The first-order valence-electron chi connectivity index (χ1n) is 7.36. The van der Waals surface area contributed by atoms with Crippen LogP contribution in [0.25, 0.3) is 0 Å². The Morgan fingerprint density at radius 2 is 1.81 bits per heavy atom. The fourth-order valence-electron chi connectivity index (χ4n) is 2.04. The smallest absolute Gasteiger partial charge is 0.277 e. The summed E-state index contributed by atoms with van der Waals surface area (Å²) in [5.74, 6) is -1.65. The number of nitrogens with zero attached hydrogens (tertiary/aromatic N) is 3. The summed E-state index contributed by atoms with van der Waals surface area (Å²) in [6, 6.07) is 8.24. The molecule has 2 aromatic heterocycles. The molecule has 3 rings (SSSR count). The highest BCUT2D eigenvalue weighted by Crippen LogP contribution is 2.23. The molecule has 1 N–H and O–H groups in total. The second-order valence-corrected chi connectivity index (χ2v) is 5.22. The van der Waals surface area contributed by atoms with Crippen molar-refractivity contribution in [2.45, 2.75) is 0 Å². The molecule has 0 radical (unpaired) electrons. The van der Waals surface area contributed by atoms with Crippen molar-refractivity contribution in [3.8, 4) is 11.5 Å². The molecule has 9 heteroatoms. The Bertz CT molecular complexity index is 999. The predicted octanol–water partition coefficient (Wildman–Crippen LogP) is 2.50. The van der Waals surface area contributed by atoms with E-state index in [0.717, 1.165) is 22.9 Å². The first-order valence-corrected chi connectivity index (χ1v) is 7.36. The first-order chi connectivity index (χ1) is 12.4. The Hall–Kier alpha value is -3.62. The molecular weight excluding hydrogens is 346 g/mol. The number of aryl methyl sites for hydroxylation is 1. The molecule has 0 atom stereocenters. The van der Waals surface area contributed by atoms with Gasteiger partial charge in [0.05, 0.1) is 6.20 Å². The van der Waals surface area contributed by atoms with Gasteiger partial charge in [-0.2, -0.15) is 5.10 Å². The number of ether oxygens (including phenoxy) is 1. The molecule has 0 saturated carbocycles. The zero-order valence-electron chi connectivity index (χ0n) is 13.4. The van der Waals surface area contributed by atoms with E-state index in [2.05, 4.69) is 15.4 Å². The van der Waals surface area contributed by atoms with Crippen molar-refractivity contribution in [2.75, 3.05) is 5.32 Å². The minimum Gasteiger partial charge on any atom is -0.456 e. The van der Waals surface area contributed by atoms with Crippen LogP contribution in [0.15, 0.2) is 53.5 Å². The average molecular weight is 358 g/mol. The van der Waals surface area contributed by atoms with Gasteiger partial charge in [-0.1, -0.05) is 0 Å². The third kappa shape index (κ3) is 4.07. The van der Waals surface area contributed by atoms with Crippen LogP contribution in [0.2, 0.25) is 0 Å². The van der Waals surface area contributed by atoms with Gasteiger partial charge in [-0.3, -0.25) is 9.59 Å². The van der Waals surface area contributed by atoms with E-state index in [4.69, 9.17) is 4.74 Å². The summed E-state index contributed by atoms with van der Waals surface area (Å²) in [6.45, 7) is 0. The predicted molar refractivity (Wildman–Crippen MR) is 88.1 cm³/mol. The summed E-state index contributed by atoms with van der Waals surface area (Å²) in [4.78, 5) is 27.3. The summed E-state index contributed by atoms with van der Waals surface area (Å²) < 4.78 is 32.6. The number of amides is 1. The number of halogens is 2. The van der Waals surface area contributed by atoms with E-state index >= 15 is 0 Å². The Balaban J connectivity index is 1.70. The molecule has 0 spiro atoms. The molecule has 3 aromatic rings. The lowest BCUT2D eigenvalue weighted by Gasteiger charge is -2.08. The molecule has 0 aliphatic carbocycles. The number of pyridine rings is 1. The van der Waals surface area contributed by atoms with Crippen molar-refractivity contribution in [2.24, 2.45) is 7.05 Å². The van der Waals surface area contributed by atoms with Crippen LogP contribution >= 0.6 is 0 Å². The Morgan fingerprint density at radius 3 is 2.42 bits per heavy atom. The molecule has 1 amide bonds. The van der Waals surface area contributed by atoms with E-state index in [9.17, 15) is 18.4 Å². The third-order valence-electron chi connectivity index (χ3n) is 3.24. The molecule has 132 valence electrons. The van der Waals surface area contributed by atoms with Gasteiger partial charge in [0.2, 0.25) is 0 Å². The third-order valence-corrected chi connectivity index (χ3v) is 3.24. The zero-order valence-corrected chi connectivity index (χ0v) is 13.4. The highest BCUT2D eigenvalue weighted by atomic mass is 19.1. The number of carbonyl (C=O) groups is 1. The minimum absolute atomic E-state index is 0.0181. The van der Waals surface area contributed by atoms with E-state index in [1.807, 2.05) is 0 Å². The lowest BCUT2D eigenvalue weighted by molar-refractivity contribution is 0.101. The summed E-state index contributed by atoms with van der Waals surface area (Å²) >= 11 is 0. The second kappa shape index (κ2) is 7.09. The van der Waals surface area contributed by atoms with Crippen molar-refractivity contribution in [3.05, 3.63) is 76.3 Å². The number of benzene rings is 1. The molecule has 0 saturated heterocycles. The topological polar surface area (TPSA) is 86.1 Å². The molecule has 0 fully saturated rings. The maximum atomic E-state index is 13.1. The second-order valence-electron chi connectivity index (χ2n) is 5.22. The number of carbonyl (C=O) groups excluding carboxylic acids is 1. The van der Waals surface area contributed by atoms with Crippen LogP contribution in [0, 0.1) is 11.6 Å². The molecule has 0 unspecified atom stereocenters. The summed E-state index contributed by atoms with van der Waals surface area (Å²) in [6.07, 6.45) is 1.28. The monoisotopic (exact) mass is 358 g/mol. The van der Waals surface area contributed by atoms with Crippen LogP contribution < -0.4 is 15.6 Å². The molecule has 2 heterocycles. The van der Waals surface area contributed by atoms with Gasteiger partial charge >= 0.3 is 0 Å². The van der Waals surface area contributed by atoms with E-state index in [-0.39, 0.29) is 28.6 Å². The Kier molecular flexibility index (Phi) is 4.70. The Morgan fingerprint density at radius 1 is 1.08 bits per heavy atom. The van der Waals surface area contributed by atoms with Crippen LogP contribution in [0.1, 0.15) is 10.5 Å². The van der Waals surface area contributed by atoms with Crippen molar-refractivity contribution in [1.82, 2.24) is 14.8 Å². The number of rotatable bonds is 4. The maximum absolute atomic E-state index is 13.1. The SMILES string of the molecule is Cn1nc(C(=O)Nc2ccc(Oc3cc(F)cc(F)c3)cn2)ccc1=O. The molecule has 26 heavy (non-hydrogen) atoms. The van der Waals surface area contributed by atoms with Crippen molar-refractivity contribution in [3.63, 3.8) is 0 Å². The van der Waals surface area contributed by atoms with E-state index in [0.29, 0.717) is 0 Å². The number of hydrogen-bond acceptors (Lipinski definition) is 5. The van der Waals surface area contributed by atoms with Gasteiger partial charge in [0.1, 0.15) is 34.6 Å². The first kappa shape index (κ1) is 17.2. The summed E-state index contributed by atoms with van der Waals surface area (Å²) in [5.41, 5.74) is -0.292. The summed E-state index contributed by atoms with van der Waals surface area (Å²) in [7, 11) is 1.43. The fourth-order valence-corrected chi connectivity index (χ4v) is 2.04. The normalized spacial score (nSPS) is 10.4. The number of nitrogens with one attached hydrogen (secondary N) is 1. The molecule has 7 nitrogen and oxygen atoms in total. The zero-order chi connectivity index (χ0) is 18.7. The summed E-state index contributed by atoms with van der Waals surface area (Å²) in [5, 5.41) is 6.34. The van der Waals surface area contributed by atoms with E-state index < -0.39 is 17.5 Å². The van der Waals surface area contributed by atoms with Gasteiger partial charge in [-0.05, 0) is 18.2 Å². The van der Waals surface area contributed by atoms with Gasteiger partial charge in [-0.25, -0.2) is 18.4 Å². The van der Waals surface area contributed by atoms with Gasteiger partial charge in [0, 0.05) is 31.3 Å². The van der Waals surface area contributed by atoms with Crippen molar-refractivity contribution >= 4 is 11.7 Å². The highest BCUT2D eigenvalue weighted by Gasteiger charge is 2.10. The van der Waals surface area contributed by atoms with E-state index in [1.165, 1.54) is 37.5 Å².